The quantitative estimate of drug-likeness (QED) is 0.574. The van der Waals surface area contributed by atoms with Crippen LogP contribution in [-0.2, 0) is 17.9 Å². The molecule has 25 heavy (non-hydrogen) atoms. The number of carbonyl (C=O) groups is 1. The maximum absolute atomic E-state index is 10.4. The van der Waals surface area contributed by atoms with Gasteiger partial charge >= 0.3 is 5.97 Å². The van der Waals surface area contributed by atoms with Gasteiger partial charge in [-0.1, -0.05) is 31.0 Å². The van der Waals surface area contributed by atoms with E-state index >= 15 is 0 Å². The SMILES string of the molecule is O=C(O)CCCCCCNCc1ccc(OCc2ccccn2)cc1. The van der Waals surface area contributed by atoms with Crippen LogP contribution in [-0.4, -0.2) is 22.6 Å². The highest BCUT2D eigenvalue weighted by atomic mass is 16.5. The van der Waals surface area contributed by atoms with Crippen molar-refractivity contribution in [2.75, 3.05) is 6.54 Å². The summed E-state index contributed by atoms with van der Waals surface area (Å²) in [6.45, 7) is 2.25. The molecule has 2 N–H and O–H groups in total. The fourth-order valence-electron chi connectivity index (χ4n) is 2.46. The fraction of sp³-hybridized carbons (Fsp3) is 0.400. The Morgan fingerprint density at radius 3 is 2.56 bits per heavy atom. The fourth-order valence-corrected chi connectivity index (χ4v) is 2.46. The van der Waals surface area contributed by atoms with E-state index in [1.54, 1.807) is 6.20 Å². The van der Waals surface area contributed by atoms with E-state index in [1.807, 2.05) is 30.3 Å². The van der Waals surface area contributed by atoms with Crippen molar-refractivity contribution in [2.24, 2.45) is 0 Å². The van der Waals surface area contributed by atoms with Gasteiger partial charge < -0.3 is 15.2 Å². The third-order valence-electron chi connectivity index (χ3n) is 3.86. The van der Waals surface area contributed by atoms with Gasteiger partial charge in [-0.15, -0.1) is 0 Å². The number of hydrogen-bond donors (Lipinski definition) is 2. The Labute approximate surface area is 149 Å². The lowest BCUT2D eigenvalue weighted by Crippen LogP contribution is -2.14. The van der Waals surface area contributed by atoms with E-state index in [0.717, 1.165) is 50.2 Å². The van der Waals surface area contributed by atoms with Crippen LogP contribution >= 0.6 is 0 Å². The molecule has 0 aliphatic heterocycles. The van der Waals surface area contributed by atoms with Crippen LogP contribution in [0.2, 0.25) is 0 Å². The monoisotopic (exact) mass is 342 g/mol. The molecule has 0 aliphatic rings. The largest absolute Gasteiger partial charge is 0.487 e. The van der Waals surface area contributed by atoms with Crippen molar-refractivity contribution in [1.82, 2.24) is 10.3 Å². The van der Waals surface area contributed by atoms with E-state index < -0.39 is 5.97 Å². The van der Waals surface area contributed by atoms with Crippen LogP contribution in [0.25, 0.3) is 0 Å². The lowest BCUT2D eigenvalue weighted by molar-refractivity contribution is -0.137. The first-order valence-corrected chi connectivity index (χ1v) is 8.78. The Kier molecular flexibility index (Phi) is 8.49. The molecule has 5 nitrogen and oxygen atoms in total. The molecule has 0 radical (unpaired) electrons. The third kappa shape index (κ3) is 8.31. The highest BCUT2D eigenvalue weighted by Gasteiger charge is 1.99. The molecule has 0 saturated heterocycles. The Morgan fingerprint density at radius 1 is 1.04 bits per heavy atom. The van der Waals surface area contributed by atoms with Crippen molar-refractivity contribution in [3.63, 3.8) is 0 Å². The van der Waals surface area contributed by atoms with Crippen molar-refractivity contribution in [2.45, 2.75) is 45.3 Å². The number of nitrogens with zero attached hydrogens (tertiary/aromatic N) is 1. The summed E-state index contributed by atoms with van der Waals surface area (Å²) >= 11 is 0. The number of unbranched alkanes of at least 4 members (excludes halogenated alkanes) is 3. The Balaban J connectivity index is 1.56. The number of benzene rings is 1. The van der Waals surface area contributed by atoms with Gasteiger partial charge in [-0.25, -0.2) is 0 Å². The first-order valence-electron chi connectivity index (χ1n) is 8.78. The summed E-state index contributed by atoms with van der Waals surface area (Å²) in [6, 6.07) is 13.9. The molecule has 0 unspecified atom stereocenters. The molecule has 1 aromatic carbocycles. The highest BCUT2D eigenvalue weighted by Crippen LogP contribution is 2.13. The summed E-state index contributed by atoms with van der Waals surface area (Å²) in [5, 5.41) is 12.0. The molecule has 0 atom stereocenters. The van der Waals surface area contributed by atoms with Crippen molar-refractivity contribution in [1.29, 1.82) is 0 Å². The highest BCUT2D eigenvalue weighted by molar-refractivity contribution is 5.66. The van der Waals surface area contributed by atoms with Crippen LogP contribution in [0.3, 0.4) is 0 Å². The topological polar surface area (TPSA) is 71.5 Å². The molecule has 0 fully saturated rings. The van der Waals surface area contributed by atoms with E-state index in [4.69, 9.17) is 9.84 Å². The minimum Gasteiger partial charge on any atom is -0.487 e. The summed E-state index contributed by atoms with van der Waals surface area (Å²) in [6.07, 6.45) is 5.94. The predicted octanol–water partition coefficient (Wildman–Crippen LogP) is 3.79. The molecule has 5 heteroatoms. The Bertz CT molecular complexity index is 615. The normalized spacial score (nSPS) is 10.6. The van der Waals surface area contributed by atoms with Gasteiger partial charge in [-0.2, -0.15) is 0 Å². The first kappa shape index (κ1) is 18.9. The average Bonchev–Trinajstić information content (AvgIpc) is 2.64. The van der Waals surface area contributed by atoms with E-state index in [1.165, 1.54) is 5.56 Å². The molecule has 1 aromatic heterocycles. The molecular formula is C20H26N2O3. The second kappa shape index (κ2) is 11.2. The lowest BCUT2D eigenvalue weighted by Gasteiger charge is -2.08. The number of pyridine rings is 1. The number of carboxylic acids is 1. The van der Waals surface area contributed by atoms with Crippen LogP contribution in [0.1, 0.15) is 43.4 Å². The van der Waals surface area contributed by atoms with Crippen molar-refractivity contribution in [3.05, 3.63) is 59.9 Å². The predicted molar refractivity (Wildman–Crippen MR) is 97.4 cm³/mol. The van der Waals surface area contributed by atoms with Gasteiger partial charge in [0.25, 0.3) is 0 Å². The molecule has 134 valence electrons. The smallest absolute Gasteiger partial charge is 0.303 e. The van der Waals surface area contributed by atoms with Crippen molar-refractivity contribution < 1.29 is 14.6 Å². The molecule has 0 amide bonds. The number of rotatable bonds is 12. The molecule has 0 spiro atoms. The molecular weight excluding hydrogens is 316 g/mol. The summed E-state index contributed by atoms with van der Waals surface area (Å²) in [4.78, 5) is 14.6. The van der Waals surface area contributed by atoms with Crippen LogP contribution < -0.4 is 10.1 Å². The third-order valence-corrected chi connectivity index (χ3v) is 3.86. The summed E-state index contributed by atoms with van der Waals surface area (Å²) in [5.41, 5.74) is 2.13. The van der Waals surface area contributed by atoms with Gasteiger partial charge in [0.05, 0.1) is 5.69 Å². The van der Waals surface area contributed by atoms with Gasteiger partial charge in [0, 0.05) is 19.2 Å². The number of ether oxygens (including phenoxy) is 1. The molecule has 0 bridgehead atoms. The minimum atomic E-state index is -0.703. The Morgan fingerprint density at radius 2 is 1.84 bits per heavy atom. The van der Waals surface area contributed by atoms with Crippen LogP contribution in [0.15, 0.2) is 48.7 Å². The van der Waals surface area contributed by atoms with E-state index in [2.05, 4.69) is 22.4 Å². The van der Waals surface area contributed by atoms with Gasteiger partial charge in [0.2, 0.25) is 0 Å². The number of aromatic nitrogens is 1. The van der Waals surface area contributed by atoms with Gasteiger partial charge in [0.1, 0.15) is 12.4 Å². The average molecular weight is 342 g/mol. The maximum Gasteiger partial charge on any atom is 0.303 e. The van der Waals surface area contributed by atoms with E-state index in [0.29, 0.717) is 6.61 Å². The zero-order chi connectivity index (χ0) is 17.7. The zero-order valence-corrected chi connectivity index (χ0v) is 14.5. The second-order valence-electron chi connectivity index (χ2n) is 5.99. The Hall–Kier alpha value is -2.40. The maximum atomic E-state index is 10.4. The minimum absolute atomic E-state index is 0.280. The van der Waals surface area contributed by atoms with Gasteiger partial charge in [-0.3, -0.25) is 9.78 Å². The number of carboxylic acid groups (broad SMARTS) is 1. The number of nitrogens with one attached hydrogen (secondary N) is 1. The molecule has 2 rings (SSSR count). The number of aliphatic carboxylic acids is 1. The van der Waals surface area contributed by atoms with Gasteiger partial charge in [0.15, 0.2) is 0 Å². The standard InChI is InChI=1S/C20H26N2O3/c23-20(24)8-3-1-2-5-13-21-15-17-9-11-19(12-10-17)25-16-18-7-4-6-14-22-18/h4,6-7,9-12,14,21H,1-3,5,8,13,15-16H2,(H,23,24). The van der Waals surface area contributed by atoms with Crippen molar-refractivity contribution >= 4 is 5.97 Å². The molecule has 0 aliphatic carbocycles. The lowest BCUT2D eigenvalue weighted by atomic mass is 10.1. The van der Waals surface area contributed by atoms with E-state index in [9.17, 15) is 4.79 Å². The molecule has 1 heterocycles. The molecule has 0 saturated carbocycles. The number of hydrogen-bond acceptors (Lipinski definition) is 4. The summed E-state index contributed by atoms with van der Waals surface area (Å²) < 4.78 is 5.72. The van der Waals surface area contributed by atoms with Crippen LogP contribution in [0, 0.1) is 0 Å². The summed E-state index contributed by atoms with van der Waals surface area (Å²) in [7, 11) is 0. The van der Waals surface area contributed by atoms with Gasteiger partial charge in [-0.05, 0) is 49.2 Å². The van der Waals surface area contributed by atoms with E-state index in [-0.39, 0.29) is 6.42 Å². The van der Waals surface area contributed by atoms with Crippen molar-refractivity contribution in [3.8, 4) is 5.75 Å². The summed E-state index contributed by atoms with van der Waals surface area (Å²) in [5.74, 6) is 0.137. The zero-order valence-electron chi connectivity index (χ0n) is 14.5. The second-order valence-corrected chi connectivity index (χ2v) is 5.99. The molecule has 2 aromatic rings. The van der Waals surface area contributed by atoms with Crippen LogP contribution in [0.5, 0.6) is 5.75 Å². The first-order chi connectivity index (χ1) is 12.2. The van der Waals surface area contributed by atoms with Crippen LogP contribution in [0.4, 0.5) is 0 Å².